The Kier molecular flexibility index (Phi) is 12.8. The van der Waals surface area contributed by atoms with Crippen LogP contribution in [0.3, 0.4) is 0 Å². The number of hydrogen-bond donors (Lipinski definition) is 0. The second-order valence-electron chi connectivity index (χ2n) is 2.11. The van der Waals surface area contributed by atoms with E-state index in [1.807, 2.05) is 13.8 Å². The molecule has 0 fully saturated rings. The zero-order valence-corrected chi connectivity index (χ0v) is 12.4. The molecule has 68 valence electrons. The van der Waals surface area contributed by atoms with Gasteiger partial charge in [-0.1, -0.05) is 13.8 Å². The minimum Gasteiger partial charge on any atom is -0.784 e. The van der Waals surface area contributed by atoms with E-state index in [1.165, 1.54) is 0 Å². The van der Waals surface area contributed by atoms with E-state index < -0.39 is 5.77 Å². The molecule has 0 rings (SSSR count). The first-order chi connectivity index (χ1) is 5.12. The quantitative estimate of drug-likeness (QED) is 0.471. The monoisotopic (exact) mass is 236 g/mol. The van der Waals surface area contributed by atoms with Crippen LogP contribution in [-0.4, -0.2) is 11.5 Å². The Morgan fingerprint density at radius 3 is 1.75 bits per heavy atom. The molecule has 0 aliphatic carbocycles. The van der Waals surface area contributed by atoms with Crippen LogP contribution in [0.2, 0.25) is 0 Å². The van der Waals surface area contributed by atoms with Crippen LogP contribution in [0, 0.1) is 0 Å². The third kappa shape index (κ3) is 9.97. The standard InChI is InChI=1S/C6H15O2PS2.Na/c1-3-5-10-9(7,8)11-6-4-2;/h3-6H2,1-2H3,(H,7,8);/q;+1/p-1. The summed E-state index contributed by atoms with van der Waals surface area (Å²) in [5.41, 5.74) is 0. The topological polar surface area (TPSA) is 40.1 Å². The van der Waals surface area contributed by atoms with Crippen molar-refractivity contribution in [2.24, 2.45) is 0 Å². The minimum absolute atomic E-state index is 0. The Hall–Kier alpha value is 1.89. The summed E-state index contributed by atoms with van der Waals surface area (Å²) in [6.45, 7) is 3.97. The van der Waals surface area contributed by atoms with Crippen LogP contribution in [0.25, 0.3) is 0 Å². The van der Waals surface area contributed by atoms with Crippen molar-refractivity contribution in [3.8, 4) is 0 Å². The van der Waals surface area contributed by atoms with E-state index >= 15 is 0 Å². The van der Waals surface area contributed by atoms with Crippen molar-refractivity contribution in [1.29, 1.82) is 0 Å². The summed E-state index contributed by atoms with van der Waals surface area (Å²) in [6, 6.07) is 0. The van der Waals surface area contributed by atoms with Crippen molar-refractivity contribution in [1.82, 2.24) is 0 Å². The van der Waals surface area contributed by atoms with E-state index in [2.05, 4.69) is 0 Å². The maximum Gasteiger partial charge on any atom is 1.00 e. The summed E-state index contributed by atoms with van der Waals surface area (Å²) in [6.07, 6.45) is 1.84. The van der Waals surface area contributed by atoms with Crippen LogP contribution in [0.4, 0.5) is 0 Å². The molecule has 0 aromatic heterocycles. The van der Waals surface area contributed by atoms with Crippen LogP contribution < -0.4 is 34.5 Å². The van der Waals surface area contributed by atoms with E-state index in [4.69, 9.17) is 0 Å². The average molecular weight is 236 g/mol. The van der Waals surface area contributed by atoms with Crippen LogP contribution >= 0.6 is 28.5 Å². The smallest absolute Gasteiger partial charge is 0.784 e. The van der Waals surface area contributed by atoms with E-state index in [0.29, 0.717) is 0 Å². The molecule has 0 saturated carbocycles. The summed E-state index contributed by atoms with van der Waals surface area (Å²) in [5.74, 6) is -1.70. The van der Waals surface area contributed by atoms with Crippen LogP contribution in [0.15, 0.2) is 0 Å². The van der Waals surface area contributed by atoms with Crippen molar-refractivity contribution in [3.63, 3.8) is 0 Å². The Bertz CT molecular complexity index is 134. The molecular formula is C6H14NaO2PS2. The van der Waals surface area contributed by atoms with Crippen molar-refractivity contribution >= 4 is 28.5 Å². The van der Waals surface area contributed by atoms with Gasteiger partial charge in [-0.15, -0.1) is 22.8 Å². The molecule has 0 heterocycles. The largest absolute Gasteiger partial charge is 1.00 e. The van der Waals surface area contributed by atoms with Crippen molar-refractivity contribution < 1.29 is 39.0 Å². The van der Waals surface area contributed by atoms with Crippen LogP contribution in [0.5, 0.6) is 0 Å². The Morgan fingerprint density at radius 1 is 1.17 bits per heavy atom. The molecule has 2 nitrogen and oxygen atoms in total. The summed E-state index contributed by atoms with van der Waals surface area (Å²) >= 11 is 2.16. The zero-order chi connectivity index (χ0) is 8.74. The molecule has 0 saturated heterocycles. The predicted molar refractivity (Wildman–Crippen MR) is 53.1 cm³/mol. The molecule has 0 N–H and O–H groups in total. The van der Waals surface area contributed by atoms with Gasteiger partial charge in [-0.25, -0.2) is 0 Å². The molecule has 0 aliphatic heterocycles. The van der Waals surface area contributed by atoms with Crippen molar-refractivity contribution in [2.75, 3.05) is 11.5 Å². The first-order valence-corrected chi connectivity index (χ1v) is 8.53. The summed E-state index contributed by atoms with van der Waals surface area (Å²) < 4.78 is 11.1. The maximum absolute atomic E-state index is 11.1. The molecule has 12 heavy (non-hydrogen) atoms. The molecule has 0 unspecified atom stereocenters. The molecular weight excluding hydrogens is 222 g/mol. The second kappa shape index (κ2) is 9.45. The number of rotatable bonds is 6. The first-order valence-electron chi connectivity index (χ1n) is 3.72. The number of hydrogen-bond acceptors (Lipinski definition) is 4. The Balaban J connectivity index is 0. The zero-order valence-electron chi connectivity index (χ0n) is 7.91. The van der Waals surface area contributed by atoms with Gasteiger partial charge in [0.15, 0.2) is 0 Å². The van der Waals surface area contributed by atoms with Gasteiger partial charge in [0.2, 0.25) is 0 Å². The van der Waals surface area contributed by atoms with E-state index in [0.717, 1.165) is 47.1 Å². The van der Waals surface area contributed by atoms with Crippen molar-refractivity contribution in [3.05, 3.63) is 0 Å². The summed E-state index contributed by atoms with van der Waals surface area (Å²) in [7, 11) is 0. The summed E-state index contributed by atoms with van der Waals surface area (Å²) in [4.78, 5) is 11.1. The molecule has 0 amide bonds. The fourth-order valence-electron chi connectivity index (χ4n) is 0.443. The molecule has 0 aromatic carbocycles. The molecule has 0 radical (unpaired) electrons. The Morgan fingerprint density at radius 2 is 1.50 bits per heavy atom. The van der Waals surface area contributed by atoms with Gasteiger partial charge in [-0.2, -0.15) is 0 Å². The normalized spacial score (nSPS) is 10.9. The molecule has 0 bridgehead atoms. The third-order valence-corrected chi connectivity index (χ3v) is 7.61. The molecule has 0 atom stereocenters. The minimum atomic E-state index is -3.14. The van der Waals surface area contributed by atoms with Gasteiger partial charge in [0, 0.05) is 0 Å². The van der Waals surface area contributed by atoms with Gasteiger partial charge in [-0.3, -0.25) is 0 Å². The van der Waals surface area contributed by atoms with Gasteiger partial charge in [-0.05, 0) is 24.3 Å². The van der Waals surface area contributed by atoms with E-state index in [1.54, 1.807) is 0 Å². The molecule has 0 aliphatic rings. The third-order valence-electron chi connectivity index (χ3n) is 0.907. The average Bonchev–Trinajstić information content (AvgIpc) is 1.97. The van der Waals surface area contributed by atoms with Gasteiger partial charge in [0.25, 0.3) is 0 Å². The van der Waals surface area contributed by atoms with E-state index in [9.17, 15) is 9.46 Å². The van der Waals surface area contributed by atoms with Gasteiger partial charge in [0.05, 0.1) is 0 Å². The van der Waals surface area contributed by atoms with Gasteiger partial charge >= 0.3 is 29.6 Å². The summed E-state index contributed by atoms with van der Waals surface area (Å²) in [5, 5.41) is 0. The molecule has 0 aromatic rings. The fraction of sp³-hybridized carbons (Fsp3) is 1.00. The predicted octanol–water partition coefficient (Wildman–Crippen LogP) is -0.255. The molecule has 0 spiro atoms. The molecule has 6 heteroatoms. The second-order valence-corrected chi connectivity index (χ2v) is 9.47. The van der Waals surface area contributed by atoms with Crippen LogP contribution in [0.1, 0.15) is 26.7 Å². The van der Waals surface area contributed by atoms with Crippen molar-refractivity contribution in [2.45, 2.75) is 26.7 Å². The Labute approximate surface area is 105 Å². The van der Waals surface area contributed by atoms with Gasteiger partial charge in [0.1, 0.15) is 5.77 Å². The van der Waals surface area contributed by atoms with E-state index in [-0.39, 0.29) is 29.6 Å². The SMILES string of the molecule is CCCSP(=O)([O-])SCCC.[Na+]. The fourth-order valence-corrected chi connectivity index (χ4v) is 6.00. The maximum atomic E-state index is 11.1. The van der Waals surface area contributed by atoms with Gasteiger partial charge < -0.3 is 9.46 Å². The first kappa shape index (κ1) is 16.3. The van der Waals surface area contributed by atoms with Crippen LogP contribution in [-0.2, 0) is 4.57 Å².